The summed E-state index contributed by atoms with van der Waals surface area (Å²) in [6, 6.07) is 7.89. The predicted molar refractivity (Wildman–Crippen MR) is 114 cm³/mol. The number of amides is 2. The Hall–Kier alpha value is -3.26. The zero-order valence-electron chi connectivity index (χ0n) is 16.5. The average molecular weight is 411 g/mol. The van der Waals surface area contributed by atoms with Crippen LogP contribution in [-0.4, -0.2) is 32.6 Å². The highest BCUT2D eigenvalue weighted by Gasteiger charge is 2.34. The van der Waals surface area contributed by atoms with Gasteiger partial charge in [-0.15, -0.1) is 0 Å². The fourth-order valence-corrected chi connectivity index (χ4v) is 3.82. The molecule has 0 aliphatic carbocycles. The van der Waals surface area contributed by atoms with Gasteiger partial charge in [0.05, 0.1) is 11.3 Å². The van der Waals surface area contributed by atoms with Gasteiger partial charge in [-0.05, 0) is 81.9 Å². The van der Waals surface area contributed by atoms with E-state index in [0.29, 0.717) is 5.69 Å². The van der Waals surface area contributed by atoms with E-state index in [1.165, 1.54) is 29.2 Å². The third kappa shape index (κ3) is 3.71. The summed E-state index contributed by atoms with van der Waals surface area (Å²) < 4.78 is 2.13. The standard InChI is InChI=1S/C21H21N3O4S/c1-11(2)23-12(3)9-15(13(23)4)10-17-18(25)22-21(29)24(19(17)26)16-7-5-14(6-8-16)20(27)28/h5-11H,1-4H3,(H,27,28)(H,22,25,29)/b17-10+. The molecule has 0 bridgehead atoms. The SMILES string of the molecule is Cc1cc(/C=C2\C(=O)NC(=S)N(c3ccc(C(=O)O)cc3)C2=O)c(C)n1C(C)C. The number of nitrogens with zero attached hydrogens (tertiary/aromatic N) is 2. The highest BCUT2D eigenvalue weighted by Crippen LogP contribution is 2.26. The number of nitrogens with one attached hydrogen (secondary N) is 1. The fourth-order valence-electron chi connectivity index (χ4n) is 3.54. The van der Waals surface area contributed by atoms with E-state index in [-0.39, 0.29) is 22.3 Å². The molecule has 1 saturated heterocycles. The maximum Gasteiger partial charge on any atom is 0.335 e. The quantitative estimate of drug-likeness (QED) is 0.458. The van der Waals surface area contributed by atoms with Gasteiger partial charge in [-0.3, -0.25) is 19.8 Å². The van der Waals surface area contributed by atoms with E-state index in [1.807, 2.05) is 19.9 Å². The second-order valence-corrected chi connectivity index (χ2v) is 7.49. The molecular formula is C21H21N3O4S. The molecule has 7 nitrogen and oxygen atoms in total. The summed E-state index contributed by atoms with van der Waals surface area (Å²) in [5.74, 6) is -2.19. The summed E-state index contributed by atoms with van der Waals surface area (Å²) in [5.41, 5.74) is 3.20. The highest BCUT2D eigenvalue weighted by atomic mass is 32.1. The average Bonchev–Trinajstić information content (AvgIpc) is 2.92. The monoisotopic (exact) mass is 411 g/mol. The summed E-state index contributed by atoms with van der Waals surface area (Å²) >= 11 is 5.18. The molecule has 1 fully saturated rings. The molecule has 1 aliphatic rings. The van der Waals surface area contributed by atoms with E-state index >= 15 is 0 Å². The van der Waals surface area contributed by atoms with Gasteiger partial charge >= 0.3 is 5.97 Å². The van der Waals surface area contributed by atoms with E-state index in [9.17, 15) is 14.4 Å². The van der Waals surface area contributed by atoms with E-state index < -0.39 is 17.8 Å². The number of carboxylic acid groups (broad SMARTS) is 1. The van der Waals surface area contributed by atoms with Gasteiger partial charge in [0.15, 0.2) is 5.11 Å². The molecule has 150 valence electrons. The smallest absolute Gasteiger partial charge is 0.335 e. The van der Waals surface area contributed by atoms with Crippen LogP contribution >= 0.6 is 12.2 Å². The van der Waals surface area contributed by atoms with Crippen molar-refractivity contribution in [2.75, 3.05) is 4.90 Å². The van der Waals surface area contributed by atoms with Gasteiger partial charge in [-0.25, -0.2) is 4.79 Å². The molecule has 0 saturated carbocycles. The predicted octanol–water partition coefficient (Wildman–Crippen LogP) is 3.22. The molecule has 29 heavy (non-hydrogen) atoms. The number of hydrogen-bond donors (Lipinski definition) is 2. The first kappa shape index (κ1) is 20.5. The fraction of sp³-hybridized carbons (Fsp3) is 0.238. The number of rotatable bonds is 4. The first-order chi connectivity index (χ1) is 13.6. The molecule has 2 aromatic rings. The Morgan fingerprint density at radius 3 is 2.31 bits per heavy atom. The summed E-state index contributed by atoms with van der Waals surface area (Å²) in [5, 5.41) is 11.5. The maximum atomic E-state index is 13.1. The minimum absolute atomic E-state index is 0.0371. The number of hydrogen-bond acceptors (Lipinski definition) is 4. The molecule has 8 heteroatoms. The zero-order valence-corrected chi connectivity index (χ0v) is 17.3. The number of benzene rings is 1. The van der Waals surface area contributed by atoms with Crippen LogP contribution in [0.3, 0.4) is 0 Å². The Balaban J connectivity index is 2.02. The number of aromatic nitrogens is 1. The second-order valence-electron chi connectivity index (χ2n) is 7.10. The maximum absolute atomic E-state index is 13.1. The van der Waals surface area contributed by atoms with Crippen molar-refractivity contribution in [3.63, 3.8) is 0 Å². The molecule has 0 atom stereocenters. The number of carbonyl (C=O) groups excluding carboxylic acids is 2. The number of aromatic carboxylic acids is 1. The molecule has 0 radical (unpaired) electrons. The van der Waals surface area contributed by atoms with Gasteiger partial charge in [-0.2, -0.15) is 0 Å². The third-order valence-electron chi connectivity index (χ3n) is 4.81. The minimum Gasteiger partial charge on any atom is -0.478 e. The molecule has 2 amide bonds. The van der Waals surface area contributed by atoms with Gasteiger partial charge < -0.3 is 9.67 Å². The summed E-state index contributed by atoms with van der Waals surface area (Å²) in [4.78, 5) is 37.8. The largest absolute Gasteiger partial charge is 0.478 e. The number of carbonyl (C=O) groups is 3. The first-order valence-electron chi connectivity index (χ1n) is 9.05. The van der Waals surface area contributed by atoms with Crippen LogP contribution in [-0.2, 0) is 9.59 Å². The van der Waals surface area contributed by atoms with E-state index in [2.05, 4.69) is 23.7 Å². The Bertz CT molecular complexity index is 1060. The van der Waals surface area contributed by atoms with Crippen LogP contribution in [0, 0.1) is 13.8 Å². The van der Waals surface area contributed by atoms with Crippen molar-refractivity contribution in [2.45, 2.75) is 33.7 Å². The lowest BCUT2D eigenvalue weighted by Gasteiger charge is -2.29. The van der Waals surface area contributed by atoms with E-state index in [1.54, 1.807) is 6.08 Å². The molecule has 2 heterocycles. The second kappa shape index (κ2) is 7.63. The lowest BCUT2D eigenvalue weighted by molar-refractivity contribution is -0.122. The first-order valence-corrected chi connectivity index (χ1v) is 9.46. The van der Waals surface area contributed by atoms with Crippen molar-refractivity contribution in [1.82, 2.24) is 9.88 Å². The Labute approximate surface area is 173 Å². The minimum atomic E-state index is -1.07. The Kier molecular flexibility index (Phi) is 5.39. The van der Waals surface area contributed by atoms with Crippen LogP contribution in [0.5, 0.6) is 0 Å². The topological polar surface area (TPSA) is 91.6 Å². The van der Waals surface area contributed by atoms with Crippen LogP contribution in [0.4, 0.5) is 5.69 Å². The Morgan fingerprint density at radius 1 is 1.17 bits per heavy atom. The van der Waals surface area contributed by atoms with Crippen molar-refractivity contribution in [1.29, 1.82) is 0 Å². The molecule has 0 unspecified atom stereocenters. The van der Waals surface area contributed by atoms with Crippen molar-refractivity contribution in [3.05, 3.63) is 58.4 Å². The van der Waals surface area contributed by atoms with Gasteiger partial charge in [0.1, 0.15) is 5.57 Å². The molecule has 3 rings (SSSR count). The number of aryl methyl sites for hydroxylation is 1. The van der Waals surface area contributed by atoms with Crippen molar-refractivity contribution >= 4 is 46.9 Å². The van der Waals surface area contributed by atoms with Crippen LogP contribution in [0.15, 0.2) is 35.9 Å². The molecular weight excluding hydrogens is 390 g/mol. The van der Waals surface area contributed by atoms with E-state index in [0.717, 1.165) is 17.0 Å². The van der Waals surface area contributed by atoms with Gasteiger partial charge in [0, 0.05) is 17.4 Å². The number of carboxylic acids is 1. The summed E-state index contributed by atoms with van der Waals surface area (Å²) in [6.07, 6.45) is 1.57. The van der Waals surface area contributed by atoms with Gasteiger partial charge in [0.2, 0.25) is 0 Å². The molecule has 1 aromatic heterocycles. The molecule has 0 spiro atoms. The van der Waals surface area contributed by atoms with Gasteiger partial charge in [0.25, 0.3) is 11.8 Å². The molecule has 1 aromatic carbocycles. The summed E-state index contributed by atoms with van der Waals surface area (Å²) in [6.45, 7) is 8.05. The number of thiocarbonyl (C=S) groups is 1. The van der Waals surface area contributed by atoms with Crippen LogP contribution < -0.4 is 10.2 Å². The normalized spacial score (nSPS) is 16.0. The third-order valence-corrected chi connectivity index (χ3v) is 5.10. The van der Waals surface area contributed by atoms with Crippen molar-refractivity contribution in [3.8, 4) is 0 Å². The number of anilines is 1. The van der Waals surface area contributed by atoms with Crippen LogP contribution in [0.1, 0.15) is 47.2 Å². The zero-order chi connectivity index (χ0) is 21.5. The highest BCUT2D eigenvalue weighted by molar-refractivity contribution is 7.80. The van der Waals surface area contributed by atoms with Crippen LogP contribution in [0.25, 0.3) is 6.08 Å². The lowest BCUT2D eigenvalue weighted by atomic mass is 10.1. The summed E-state index contributed by atoms with van der Waals surface area (Å²) in [7, 11) is 0. The molecule has 2 N–H and O–H groups in total. The van der Waals surface area contributed by atoms with Crippen molar-refractivity contribution in [2.24, 2.45) is 0 Å². The van der Waals surface area contributed by atoms with Crippen LogP contribution in [0.2, 0.25) is 0 Å². The molecule has 1 aliphatic heterocycles. The van der Waals surface area contributed by atoms with E-state index in [4.69, 9.17) is 17.3 Å². The lowest BCUT2D eigenvalue weighted by Crippen LogP contribution is -2.54. The van der Waals surface area contributed by atoms with Crippen molar-refractivity contribution < 1.29 is 19.5 Å². The Morgan fingerprint density at radius 2 is 1.79 bits per heavy atom. The van der Waals surface area contributed by atoms with Gasteiger partial charge in [-0.1, -0.05) is 0 Å².